The van der Waals surface area contributed by atoms with E-state index in [1.165, 1.54) is 29.8 Å². The summed E-state index contributed by atoms with van der Waals surface area (Å²) in [6, 6.07) is 10.1. The van der Waals surface area contributed by atoms with Crippen LogP contribution in [0.4, 0.5) is 18.9 Å². The predicted octanol–water partition coefficient (Wildman–Crippen LogP) is 4.65. The number of anilines is 1. The quantitative estimate of drug-likeness (QED) is 0.661. The molecule has 5 nitrogen and oxygen atoms in total. The van der Waals surface area contributed by atoms with Gasteiger partial charge < -0.3 is 14.5 Å². The van der Waals surface area contributed by atoms with Crippen LogP contribution in [-0.4, -0.2) is 36.1 Å². The van der Waals surface area contributed by atoms with Gasteiger partial charge in [0.2, 0.25) is 5.91 Å². The first-order chi connectivity index (χ1) is 15.1. The average Bonchev–Trinajstić information content (AvgIpc) is 3.29. The van der Waals surface area contributed by atoms with Crippen molar-refractivity contribution in [2.24, 2.45) is 5.92 Å². The van der Waals surface area contributed by atoms with E-state index in [0.29, 0.717) is 34.9 Å². The molecule has 1 fully saturated rings. The summed E-state index contributed by atoms with van der Waals surface area (Å²) in [6.45, 7) is 3.95. The molecular weight excluding hydrogens is 441 g/mol. The zero-order valence-corrected chi connectivity index (χ0v) is 18.7. The molecule has 0 aromatic heterocycles. The molecule has 4 rings (SSSR count). The second kappa shape index (κ2) is 8.03. The molecule has 2 aromatic rings. The van der Waals surface area contributed by atoms with Gasteiger partial charge in [0.25, 0.3) is 5.91 Å². The van der Waals surface area contributed by atoms with Gasteiger partial charge in [-0.25, -0.2) is 0 Å². The number of hydrogen-bond acceptors (Lipinski definition) is 4. The fourth-order valence-corrected chi connectivity index (χ4v) is 5.70. The minimum Gasteiger partial charge on any atom is -0.497 e. The summed E-state index contributed by atoms with van der Waals surface area (Å²) in [4.78, 5) is 28.7. The van der Waals surface area contributed by atoms with Crippen LogP contribution in [0.15, 0.2) is 42.5 Å². The second-order valence-electron chi connectivity index (χ2n) is 8.11. The molecule has 2 aliphatic heterocycles. The van der Waals surface area contributed by atoms with Crippen LogP contribution in [0.1, 0.15) is 30.5 Å². The average molecular weight is 465 g/mol. The number of methoxy groups -OCH3 is 1. The van der Waals surface area contributed by atoms with Crippen LogP contribution < -0.4 is 9.64 Å². The van der Waals surface area contributed by atoms with Crippen molar-refractivity contribution < 1.29 is 27.5 Å². The molecule has 0 radical (unpaired) electrons. The SMILES string of the molecule is COc1ccc2c(c1)[C@@]1(SCCN1C(=O)C(C)C)C(=O)N2Cc1cccc(C(F)(F)F)c1. The monoisotopic (exact) mass is 464 g/mol. The summed E-state index contributed by atoms with van der Waals surface area (Å²) < 4.78 is 44.9. The van der Waals surface area contributed by atoms with E-state index in [1.54, 1.807) is 43.0 Å². The molecule has 2 heterocycles. The van der Waals surface area contributed by atoms with Gasteiger partial charge in [-0.3, -0.25) is 9.59 Å². The summed E-state index contributed by atoms with van der Waals surface area (Å²) in [5.41, 5.74) is 0.796. The minimum atomic E-state index is -4.47. The number of amides is 2. The number of rotatable bonds is 4. The highest BCUT2D eigenvalue weighted by Gasteiger charge is 2.59. The second-order valence-corrected chi connectivity index (χ2v) is 9.40. The standard InChI is InChI=1S/C23H23F3N2O3S/c1-14(2)20(29)28-9-10-32-22(28)18-12-17(31-3)7-8-19(18)27(21(22)30)13-15-5-4-6-16(11-15)23(24,25)26/h4-8,11-12,14H,9-10,13H2,1-3H3/t22-/m1/s1. The molecule has 0 bridgehead atoms. The maximum Gasteiger partial charge on any atom is 0.416 e. The Morgan fingerprint density at radius 1 is 1.22 bits per heavy atom. The molecule has 0 aliphatic carbocycles. The Morgan fingerprint density at radius 3 is 2.62 bits per heavy atom. The summed E-state index contributed by atoms with van der Waals surface area (Å²) in [5, 5.41) is 0. The molecule has 1 saturated heterocycles. The van der Waals surface area contributed by atoms with Crippen molar-refractivity contribution in [1.82, 2.24) is 4.90 Å². The lowest BCUT2D eigenvalue weighted by atomic mass is 10.0. The maximum atomic E-state index is 13.9. The molecule has 170 valence electrons. The Bertz CT molecular complexity index is 1070. The van der Waals surface area contributed by atoms with Gasteiger partial charge in [-0.05, 0) is 35.9 Å². The molecule has 1 spiro atoms. The largest absolute Gasteiger partial charge is 0.497 e. The fourth-order valence-electron chi connectivity index (χ4n) is 4.24. The van der Waals surface area contributed by atoms with E-state index in [0.717, 1.165) is 12.1 Å². The fraction of sp³-hybridized carbons (Fsp3) is 0.391. The molecule has 2 aliphatic rings. The van der Waals surface area contributed by atoms with Gasteiger partial charge in [0.05, 0.1) is 24.9 Å². The van der Waals surface area contributed by atoms with Crippen molar-refractivity contribution in [2.45, 2.75) is 31.4 Å². The Labute approximate surface area is 188 Å². The first-order valence-electron chi connectivity index (χ1n) is 10.2. The lowest BCUT2D eigenvalue weighted by Gasteiger charge is -2.34. The summed E-state index contributed by atoms with van der Waals surface area (Å²) in [6.07, 6.45) is -4.47. The molecular formula is C23H23F3N2O3S. The van der Waals surface area contributed by atoms with E-state index < -0.39 is 16.6 Å². The highest BCUT2D eigenvalue weighted by Crippen LogP contribution is 2.55. The van der Waals surface area contributed by atoms with Gasteiger partial charge in [0.1, 0.15) is 5.75 Å². The third-order valence-electron chi connectivity index (χ3n) is 5.76. The lowest BCUT2D eigenvalue weighted by Crippen LogP contribution is -2.51. The van der Waals surface area contributed by atoms with E-state index in [2.05, 4.69) is 0 Å². The number of thioether (sulfide) groups is 1. The first-order valence-corrected chi connectivity index (χ1v) is 11.2. The summed E-state index contributed by atoms with van der Waals surface area (Å²) in [7, 11) is 1.52. The Balaban J connectivity index is 1.80. The minimum absolute atomic E-state index is 0.0336. The maximum absolute atomic E-state index is 13.9. The van der Waals surface area contributed by atoms with Crippen molar-refractivity contribution >= 4 is 29.3 Å². The topological polar surface area (TPSA) is 49.9 Å². The molecule has 32 heavy (non-hydrogen) atoms. The van der Waals surface area contributed by atoms with Gasteiger partial charge in [0, 0.05) is 23.8 Å². The highest BCUT2D eigenvalue weighted by atomic mass is 32.2. The van der Waals surface area contributed by atoms with Gasteiger partial charge in [-0.1, -0.05) is 26.0 Å². The summed E-state index contributed by atoms with van der Waals surface area (Å²) >= 11 is 1.38. The number of alkyl halides is 3. The molecule has 2 aromatic carbocycles. The molecule has 9 heteroatoms. The third-order valence-corrected chi connectivity index (χ3v) is 7.17. The Kier molecular flexibility index (Phi) is 5.65. The Hall–Kier alpha value is -2.68. The molecule has 2 amide bonds. The number of carbonyl (C=O) groups is 2. The third kappa shape index (κ3) is 3.52. The van der Waals surface area contributed by atoms with E-state index in [9.17, 15) is 22.8 Å². The van der Waals surface area contributed by atoms with Crippen molar-refractivity contribution in [3.8, 4) is 5.75 Å². The molecule has 1 atom stereocenters. The molecule has 0 unspecified atom stereocenters. The van der Waals surface area contributed by atoms with E-state index in [-0.39, 0.29) is 24.3 Å². The van der Waals surface area contributed by atoms with Crippen LogP contribution >= 0.6 is 11.8 Å². The van der Waals surface area contributed by atoms with Gasteiger partial charge in [-0.2, -0.15) is 13.2 Å². The lowest BCUT2D eigenvalue weighted by molar-refractivity contribution is -0.142. The predicted molar refractivity (Wildman–Crippen MR) is 116 cm³/mol. The number of ether oxygens (including phenoxy) is 1. The van der Waals surface area contributed by atoms with Crippen LogP contribution in [0, 0.1) is 5.92 Å². The summed E-state index contributed by atoms with van der Waals surface area (Å²) in [5.74, 6) is 0.358. The van der Waals surface area contributed by atoms with Crippen LogP contribution in [0.5, 0.6) is 5.75 Å². The van der Waals surface area contributed by atoms with E-state index in [4.69, 9.17) is 4.74 Å². The number of halogens is 3. The zero-order valence-electron chi connectivity index (χ0n) is 17.9. The van der Waals surface area contributed by atoms with Crippen molar-refractivity contribution in [3.05, 3.63) is 59.2 Å². The normalized spacial score (nSPS) is 20.4. The van der Waals surface area contributed by atoms with Crippen LogP contribution in [0.3, 0.4) is 0 Å². The number of benzene rings is 2. The van der Waals surface area contributed by atoms with Crippen LogP contribution in [0.25, 0.3) is 0 Å². The molecule has 0 saturated carbocycles. The van der Waals surface area contributed by atoms with Crippen LogP contribution in [0.2, 0.25) is 0 Å². The number of hydrogen-bond donors (Lipinski definition) is 0. The van der Waals surface area contributed by atoms with Gasteiger partial charge in [-0.15, -0.1) is 11.8 Å². The number of carbonyl (C=O) groups excluding carboxylic acids is 2. The van der Waals surface area contributed by atoms with Crippen molar-refractivity contribution in [1.29, 1.82) is 0 Å². The van der Waals surface area contributed by atoms with Crippen LogP contribution in [-0.2, 0) is 27.2 Å². The van der Waals surface area contributed by atoms with Crippen molar-refractivity contribution in [2.75, 3.05) is 24.3 Å². The van der Waals surface area contributed by atoms with Gasteiger partial charge >= 0.3 is 6.18 Å². The van der Waals surface area contributed by atoms with Gasteiger partial charge in [0.15, 0.2) is 4.87 Å². The smallest absolute Gasteiger partial charge is 0.416 e. The zero-order chi connectivity index (χ0) is 23.3. The number of nitrogens with zero attached hydrogens (tertiary/aromatic N) is 2. The molecule has 0 N–H and O–H groups in total. The van der Waals surface area contributed by atoms with E-state index >= 15 is 0 Å². The first kappa shape index (κ1) is 22.5. The number of fused-ring (bicyclic) bond motifs is 2. The van der Waals surface area contributed by atoms with E-state index in [1.807, 2.05) is 0 Å². The van der Waals surface area contributed by atoms with Crippen molar-refractivity contribution in [3.63, 3.8) is 0 Å². The Morgan fingerprint density at radius 2 is 1.97 bits per heavy atom. The highest BCUT2D eigenvalue weighted by molar-refractivity contribution is 8.01.